The van der Waals surface area contributed by atoms with Crippen LogP contribution in [0.15, 0.2) is 18.3 Å². The monoisotopic (exact) mass is 294 g/mol. The number of carbonyl (C=O) groups is 1. The normalized spacial score (nSPS) is 17.2. The molecule has 1 aliphatic heterocycles. The van der Waals surface area contributed by atoms with Crippen molar-refractivity contribution in [3.63, 3.8) is 0 Å². The van der Waals surface area contributed by atoms with Gasteiger partial charge < -0.3 is 14.2 Å². The highest BCUT2D eigenvalue weighted by atomic mass is 16.5. The van der Waals surface area contributed by atoms with Crippen molar-refractivity contribution in [2.24, 2.45) is 0 Å². The molecule has 0 N–H and O–H groups in total. The molecule has 0 aromatic carbocycles. The van der Waals surface area contributed by atoms with Gasteiger partial charge in [-0.1, -0.05) is 6.07 Å². The van der Waals surface area contributed by atoms with Gasteiger partial charge in [-0.3, -0.25) is 9.69 Å². The van der Waals surface area contributed by atoms with Crippen molar-refractivity contribution in [3.8, 4) is 5.88 Å². The third-order valence-electron chi connectivity index (χ3n) is 3.50. The number of esters is 1. The lowest BCUT2D eigenvalue weighted by atomic mass is 10.0. The Morgan fingerprint density at radius 1 is 1.43 bits per heavy atom. The van der Waals surface area contributed by atoms with E-state index in [4.69, 9.17) is 14.2 Å². The summed E-state index contributed by atoms with van der Waals surface area (Å²) in [4.78, 5) is 18.3. The molecule has 1 aromatic heterocycles. The van der Waals surface area contributed by atoms with E-state index in [0.717, 1.165) is 18.7 Å². The van der Waals surface area contributed by atoms with Crippen LogP contribution < -0.4 is 4.74 Å². The van der Waals surface area contributed by atoms with E-state index in [1.807, 2.05) is 19.1 Å². The number of pyridine rings is 1. The van der Waals surface area contributed by atoms with Crippen molar-refractivity contribution in [3.05, 3.63) is 23.9 Å². The van der Waals surface area contributed by atoms with E-state index in [1.165, 1.54) is 0 Å². The molecule has 0 radical (unpaired) electrons. The molecule has 6 nitrogen and oxygen atoms in total. The standard InChI is InChI=1S/C15H22N2O4/c1-3-21-15(18)10-13(17-6-8-20-9-7-17)12-4-5-14(19-2)16-11-12/h4-5,11,13H,3,6-10H2,1-2H3. The Labute approximate surface area is 125 Å². The van der Waals surface area contributed by atoms with Crippen LogP contribution in [0.4, 0.5) is 0 Å². The molecule has 6 heteroatoms. The minimum absolute atomic E-state index is 0.0358. The van der Waals surface area contributed by atoms with Crippen molar-refractivity contribution in [1.29, 1.82) is 0 Å². The molecule has 1 saturated heterocycles. The maximum atomic E-state index is 11.9. The number of nitrogens with zero attached hydrogens (tertiary/aromatic N) is 2. The number of methoxy groups -OCH3 is 1. The van der Waals surface area contributed by atoms with Gasteiger partial charge in [0, 0.05) is 31.4 Å². The Morgan fingerprint density at radius 3 is 2.76 bits per heavy atom. The maximum Gasteiger partial charge on any atom is 0.307 e. The van der Waals surface area contributed by atoms with E-state index in [2.05, 4.69) is 9.88 Å². The fourth-order valence-electron chi connectivity index (χ4n) is 2.43. The largest absolute Gasteiger partial charge is 0.481 e. The molecule has 1 fully saturated rings. The summed E-state index contributed by atoms with van der Waals surface area (Å²) in [6, 6.07) is 3.73. The van der Waals surface area contributed by atoms with E-state index >= 15 is 0 Å². The third kappa shape index (κ3) is 4.41. The number of ether oxygens (including phenoxy) is 3. The first-order chi connectivity index (χ1) is 10.2. The topological polar surface area (TPSA) is 60.9 Å². The molecular weight excluding hydrogens is 272 g/mol. The Bertz CT molecular complexity index is 443. The van der Waals surface area contributed by atoms with Crippen LogP contribution in [0, 0.1) is 0 Å². The molecule has 0 amide bonds. The summed E-state index contributed by atoms with van der Waals surface area (Å²) in [6.45, 7) is 5.18. The molecule has 116 valence electrons. The van der Waals surface area contributed by atoms with Gasteiger partial charge in [0.05, 0.1) is 33.4 Å². The fourth-order valence-corrected chi connectivity index (χ4v) is 2.43. The van der Waals surface area contributed by atoms with Gasteiger partial charge in [0.2, 0.25) is 5.88 Å². The SMILES string of the molecule is CCOC(=O)CC(c1ccc(OC)nc1)N1CCOCC1. The zero-order valence-corrected chi connectivity index (χ0v) is 12.6. The molecule has 1 atom stereocenters. The van der Waals surface area contributed by atoms with Gasteiger partial charge in [-0.25, -0.2) is 4.98 Å². The number of carbonyl (C=O) groups excluding carboxylic acids is 1. The zero-order chi connectivity index (χ0) is 15.1. The minimum atomic E-state index is -0.190. The number of hydrogen-bond donors (Lipinski definition) is 0. The second-order valence-electron chi connectivity index (χ2n) is 4.81. The van der Waals surface area contributed by atoms with E-state index in [9.17, 15) is 4.79 Å². The summed E-state index contributed by atoms with van der Waals surface area (Å²) in [5.41, 5.74) is 0.991. The second-order valence-corrected chi connectivity index (χ2v) is 4.81. The lowest BCUT2D eigenvalue weighted by Gasteiger charge is -2.34. The van der Waals surface area contributed by atoms with E-state index < -0.39 is 0 Å². The smallest absolute Gasteiger partial charge is 0.307 e. The molecule has 0 aliphatic carbocycles. The van der Waals surface area contributed by atoms with Gasteiger partial charge >= 0.3 is 5.97 Å². The quantitative estimate of drug-likeness (QED) is 0.739. The molecule has 0 saturated carbocycles. The van der Waals surface area contributed by atoms with Crippen LogP contribution in [-0.4, -0.2) is 55.9 Å². The van der Waals surface area contributed by atoms with Gasteiger partial charge in [-0.05, 0) is 12.5 Å². The molecule has 21 heavy (non-hydrogen) atoms. The summed E-state index contributed by atoms with van der Waals surface area (Å²) >= 11 is 0. The molecule has 0 bridgehead atoms. The molecule has 1 aromatic rings. The van der Waals surface area contributed by atoms with Crippen LogP contribution in [0.5, 0.6) is 5.88 Å². The molecule has 1 unspecified atom stereocenters. The Kier molecular flexibility index (Phi) is 5.95. The lowest BCUT2D eigenvalue weighted by molar-refractivity contribution is -0.145. The van der Waals surface area contributed by atoms with Gasteiger partial charge in [0.25, 0.3) is 0 Å². The predicted molar refractivity (Wildman–Crippen MR) is 77.2 cm³/mol. The van der Waals surface area contributed by atoms with E-state index in [0.29, 0.717) is 32.1 Å². The zero-order valence-electron chi connectivity index (χ0n) is 12.6. The van der Waals surface area contributed by atoms with Gasteiger partial charge in [-0.15, -0.1) is 0 Å². The van der Waals surface area contributed by atoms with Crippen molar-refractivity contribution >= 4 is 5.97 Å². The van der Waals surface area contributed by atoms with Crippen molar-refractivity contribution in [1.82, 2.24) is 9.88 Å². The highest BCUT2D eigenvalue weighted by Crippen LogP contribution is 2.26. The van der Waals surface area contributed by atoms with Crippen LogP contribution >= 0.6 is 0 Å². The Balaban J connectivity index is 2.14. The summed E-state index contributed by atoms with van der Waals surface area (Å²) < 4.78 is 15.5. The number of rotatable bonds is 6. The minimum Gasteiger partial charge on any atom is -0.481 e. The highest BCUT2D eigenvalue weighted by molar-refractivity contribution is 5.70. The summed E-state index contributed by atoms with van der Waals surface area (Å²) in [6.07, 6.45) is 2.08. The van der Waals surface area contributed by atoms with Crippen molar-refractivity contribution in [2.75, 3.05) is 40.0 Å². The van der Waals surface area contributed by atoms with Gasteiger partial charge in [0.1, 0.15) is 0 Å². The first kappa shape index (κ1) is 15.7. The predicted octanol–water partition coefficient (Wildman–Crippen LogP) is 1.42. The summed E-state index contributed by atoms with van der Waals surface area (Å²) in [7, 11) is 1.58. The highest BCUT2D eigenvalue weighted by Gasteiger charge is 2.26. The van der Waals surface area contributed by atoms with Crippen LogP contribution in [0.2, 0.25) is 0 Å². The van der Waals surface area contributed by atoms with Crippen molar-refractivity contribution < 1.29 is 19.0 Å². The number of hydrogen-bond acceptors (Lipinski definition) is 6. The Hall–Kier alpha value is -1.66. The Morgan fingerprint density at radius 2 is 2.19 bits per heavy atom. The fraction of sp³-hybridized carbons (Fsp3) is 0.600. The summed E-state index contributed by atoms with van der Waals surface area (Å²) in [5, 5.41) is 0. The van der Waals surface area contributed by atoms with E-state index in [-0.39, 0.29) is 12.0 Å². The van der Waals surface area contributed by atoms with Crippen LogP contribution in [-0.2, 0) is 14.3 Å². The molecule has 0 spiro atoms. The van der Waals surface area contributed by atoms with Crippen LogP contribution in [0.25, 0.3) is 0 Å². The first-order valence-electron chi connectivity index (χ1n) is 7.22. The number of aromatic nitrogens is 1. The molecule has 1 aliphatic rings. The van der Waals surface area contributed by atoms with Gasteiger partial charge in [-0.2, -0.15) is 0 Å². The average Bonchev–Trinajstić information content (AvgIpc) is 2.54. The molecular formula is C15H22N2O4. The van der Waals surface area contributed by atoms with Crippen molar-refractivity contribution in [2.45, 2.75) is 19.4 Å². The third-order valence-corrected chi connectivity index (χ3v) is 3.50. The molecule has 2 heterocycles. The lowest BCUT2D eigenvalue weighted by Crippen LogP contribution is -2.40. The van der Waals surface area contributed by atoms with Gasteiger partial charge in [0.15, 0.2) is 0 Å². The maximum absolute atomic E-state index is 11.9. The van der Waals surface area contributed by atoms with E-state index in [1.54, 1.807) is 13.3 Å². The first-order valence-corrected chi connectivity index (χ1v) is 7.22. The number of morpholine rings is 1. The molecule has 2 rings (SSSR count). The second kappa shape index (κ2) is 7.95. The van der Waals surface area contributed by atoms with Crippen LogP contribution in [0.1, 0.15) is 24.9 Å². The van der Waals surface area contributed by atoms with Crippen LogP contribution in [0.3, 0.4) is 0 Å². The summed E-state index contributed by atoms with van der Waals surface area (Å²) in [5.74, 6) is 0.375. The average molecular weight is 294 g/mol.